The topological polar surface area (TPSA) is 35.9 Å². The lowest BCUT2D eigenvalue weighted by atomic mass is 10.00. The van der Waals surface area contributed by atoms with Crippen LogP contribution in [0, 0.1) is 0 Å². The molecule has 2 aromatic rings. The molecule has 1 unspecified atom stereocenters. The number of rotatable bonds is 5. The van der Waals surface area contributed by atoms with Crippen molar-refractivity contribution >= 4 is 17.7 Å². The number of benzodiazepines with no additional fused rings is 1. The van der Waals surface area contributed by atoms with E-state index in [0.717, 1.165) is 41.9 Å². The Morgan fingerprint density at radius 3 is 2.54 bits per heavy atom. The summed E-state index contributed by atoms with van der Waals surface area (Å²) in [4.78, 5) is 20.8. The van der Waals surface area contributed by atoms with Gasteiger partial charge in [0.1, 0.15) is 12.3 Å². The summed E-state index contributed by atoms with van der Waals surface area (Å²) >= 11 is 0. The Hall–Kier alpha value is -2.46. The summed E-state index contributed by atoms with van der Waals surface area (Å²) in [6, 6.07) is 18.2. The lowest BCUT2D eigenvalue weighted by Crippen LogP contribution is -2.42. The van der Waals surface area contributed by atoms with E-state index in [1.54, 1.807) is 0 Å². The van der Waals surface area contributed by atoms with Crippen LogP contribution in [0.3, 0.4) is 0 Å². The smallest absolute Gasteiger partial charge is 0.144 e. The van der Waals surface area contributed by atoms with Crippen LogP contribution in [0.15, 0.2) is 59.6 Å². The number of likely N-dealkylation sites (N-methyl/N-ethyl adjacent to an activating group) is 1. The Labute approximate surface area is 143 Å². The van der Waals surface area contributed by atoms with Crippen molar-refractivity contribution in [2.45, 2.75) is 6.04 Å². The van der Waals surface area contributed by atoms with E-state index in [2.05, 4.69) is 34.1 Å². The van der Waals surface area contributed by atoms with Gasteiger partial charge in [0.15, 0.2) is 0 Å². The molecule has 1 aliphatic heterocycles. The van der Waals surface area contributed by atoms with Crippen LogP contribution in [-0.2, 0) is 4.79 Å². The highest BCUT2D eigenvalue weighted by atomic mass is 16.1. The molecule has 0 amide bonds. The van der Waals surface area contributed by atoms with Crippen LogP contribution >= 0.6 is 0 Å². The average molecular weight is 321 g/mol. The number of aliphatic imine (C=N–C) groups is 1. The third kappa shape index (κ3) is 3.39. The fourth-order valence-electron chi connectivity index (χ4n) is 3.02. The van der Waals surface area contributed by atoms with Gasteiger partial charge in [-0.05, 0) is 20.2 Å². The van der Waals surface area contributed by atoms with Gasteiger partial charge in [-0.15, -0.1) is 0 Å². The molecule has 1 heterocycles. The van der Waals surface area contributed by atoms with Crippen LogP contribution in [0.4, 0.5) is 5.69 Å². The minimum Gasteiger partial charge on any atom is -0.358 e. The first-order valence-corrected chi connectivity index (χ1v) is 8.26. The zero-order valence-electron chi connectivity index (χ0n) is 14.2. The first-order chi connectivity index (χ1) is 11.7. The molecule has 0 N–H and O–H groups in total. The van der Waals surface area contributed by atoms with Crippen molar-refractivity contribution in [3.8, 4) is 0 Å². The monoisotopic (exact) mass is 321 g/mol. The molecule has 0 saturated heterocycles. The largest absolute Gasteiger partial charge is 0.358 e. The highest BCUT2D eigenvalue weighted by Crippen LogP contribution is 2.28. The van der Waals surface area contributed by atoms with Gasteiger partial charge >= 0.3 is 0 Å². The highest BCUT2D eigenvalue weighted by molar-refractivity contribution is 6.16. The summed E-state index contributed by atoms with van der Waals surface area (Å²) < 4.78 is 0. The molecule has 0 bridgehead atoms. The number of anilines is 1. The zero-order valence-corrected chi connectivity index (χ0v) is 14.2. The van der Waals surface area contributed by atoms with Crippen molar-refractivity contribution in [3.05, 3.63) is 65.7 Å². The van der Waals surface area contributed by atoms with Crippen molar-refractivity contribution < 1.29 is 4.79 Å². The van der Waals surface area contributed by atoms with Gasteiger partial charge in [0.25, 0.3) is 0 Å². The second kappa shape index (κ2) is 7.41. The Balaban J connectivity index is 2.06. The number of aldehydes is 1. The molecule has 0 aromatic heterocycles. The van der Waals surface area contributed by atoms with E-state index >= 15 is 0 Å². The standard InChI is InChI=1S/C20H23N3O/c1-22(2)12-13-23-17(15-24)14-21-20(16-8-4-3-5-9-16)18-10-6-7-11-19(18)23/h3-11,15,17H,12-14H2,1-2H3. The third-order valence-electron chi connectivity index (χ3n) is 4.30. The van der Waals surface area contributed by atoms with Gasteiger partial charge in [-0.3, -0.25) is 4.99 Å². The Bertz CT molecular complexity index is 725. The molecule has 1 aliphatic rings. The molecule has 0 spiro atoms. The summed E-state index contributed by atoms with van der Waals surface area (Å²) in [5.41, 5.74) is 4.22. The summed E-state index contributed by atoms with van der Waals surface area (Å²) in [6.07, 6.45) is 1.02. The second-order valence-corrected chi connectivity index (χ2v) is 6.27. The van der Waals surface area contributed by atoms with Crippen molar-refractivity contribution in [1.29, 1.82) is 0 Å². The number of carbonyl (C=O) groups is 1. The normalized spacial score (nSPS) is 17.2. The van der Waals surface area contributed by atoms with Crippen LogP contribution < -0.4 is 4.90 Å². The van der Waals surface area contributed by atoms with Gasteiger partial charge in [0.05, 0.1) is 12.3 Å². The molecule has 2 aromatic carbocycles. The number of para-hydroxylation sites is 1. The van der Waals surface area contributed by atoms with Gasteiger partial charge in [-0.25, -0.2) is 0 Å². The first-order valence-electron chi connectivity index (χ1n) is 8.26. The molecule has 4 heteroatoms. The number of benzene rings is 2. The number of carbonyl (C=O) groups excluding carboxylic acids is 1. The van der Waals surface area contributed by atoms with Crippen molar-refractivity contribution in [2.75, 3.05) is 38.6 Å². The maximum Gasteiger partial charge on any atom is 0.144 e. The summed E-state index contributed by atoms with van der Waals surface area (Å²) in [5, 5.41) is 0. The lowest BCUT2D eigenvalue weighted by molar-refractivity contribution is -0.108. The minimum atomic E-state index is -0.229. The zero-order chi connectivity index (χ0) is 16.9. The van der Waals surface area contributed by atoms with E-state index in [0.29, 0.717) is 6.54 Å². The minimum absolute atomic E-state index is 0.229. The van der Waals surface area contributed by atoms with E-state index in [-0.39, 0.29) is 6.04 Å². The van der Waals surface area contributed by atoms with E-state index in [9.17, 15) is 4.79 Å². The molecular formula is C20H23N3O. The summed E-state index contributed by atoms with van der Waals surface area (Å²) in [7, 11) is 4.09. The first kappa shape index (κ1) is 16.4. The number of nitrogens with zero attached hydrogens (tertiary/aromatic N) is 3. The van der Waals surface area contributed by atoms with Gasteiger partial charge in [-0.1, -0.05) is 48.5 Å². The molecule has 24 heavy (non-hydrogen) atoms. The Morgan fingerprint density at radius 2 is 1.83 bits per heavy atom. The molecule has 0 aliphatic carbocycles. The SMILES string of the molecule is CN(C)CCN1c2ccccc2C(c2ccccc2)=NCC1C=O. The predicted molar refractivity (Wildman–Crippen MR) is 99.1 cm³/mol. The summed E-state index contributed by atoms with van der Waals surface area (Å²) in [6.45, 7) is 2.17. The quantitative estimate of drug-likeness (QED) is 0.794. The fraction of sp³-hybridized carbons (Fsp3) is 0.300. The van der Waals surface area contributed by atoms with Gasteiger partial charge < -0.3 is 14.6 Å². The molecule has 1 atom stereocenters. The van der Waals surface area contributed by atoms with Crippen LogP contribution in [-0.4, -0.2) is 56.7 Å². The van der Waals surface area contributed by atoms with E-state index in [1.807, 2.05) is 44.4 Å². The van der Waals surface area contributed by atoms with Crippen LogP contribution in [0.5, 0.6) is 0 Å². The lowest BCUT2D eigenvalue weighted by Gasteiger charge is -2.30. The maximum atomic E-state index is 11.7. The van der Waals surface area contributed by atoms with Crippen LogP contribution in [0.2, 0.25) is 0 Å². The fourth-order valence-corrected chi connectivity index (χ4v) is 3.02. The summed E-state index contributed by atoms with van der Waals surface area (Å²) in [5.74, 6) is 0. The molecule has 4 nitrogen and oxygen atoms in total. The second-order valence-electron chi connectivity index (χ2n) is 6.27. The average Bonchev–Trinajstić information content (AvgIpc) is 2.77. The van der Waals surface area contributed by atoms with E-state index in [1.165, 1.54) is 0 Å². The number of hydrogen-bond donors (Lipinski definition) is 0. The molecule has 124 valence electrons. The van der Waals surface area contributed by atoms with E-state index in [4.69, 9.17) is 4.99 Å². The van der Waals surface area contributed by atoms with Crippen LogP contribution in [0.25, 0.3) is 0 Å². The van der Waals surface area contributed by atoms with Gasteiger partial charge in [0.2, 0.25) is 0 Å². The maximum absolute atomic E-state index is 11.7. The molecule has 0 saturated carbocycles. The molecular weight excluding hydrogens is 298 g/mol. The molecule has 0 radical (unpaired) electrons. The van der Waals surface area contributed by atoms with Crippen LogP contribution in [0.1, 0.15) is 11.1 Å². The van der Waals surface area contributed by atoms with Crippen molar-refractivity contribution in [3.63, 3.8) is 0 Å². The Morgan fingerprint density at radius 1 is 1.12 bits per heavy atom. The van der Waals surface area contributed by atoms with Crippen molar-refractivity contribution in [1.82, 2.24) is 4.90 Å². The Kier molecular flexibility index (Phi) is 5.06. The van der Waals surface area contributed by atoms with E-state index < -0.39 is 0 Å². The van der Waals surface area contributed by atoms with Gasteiger partial charge in [-0.2, -0.15) is 0 Å². The van der Waals surface area contributed by atoms with Crippen molar-refractivity contribution in [2.24, 2.45) is 4.99 Å². The van der Waals surface area contributed by atoms with Gasteiger partial charge in [0, 0.05) is 29.9 Å². The highest BCUT2D eigenvalue weighted by Gasteiger charge is 2.26. The number of fused-ring (bicyclic) bond motifs is 1. The molecule has 0 fully saturated rings. The third-order valence-corrected chi connectivity index (χ3v) is 4.30. The predicted octanol–water partition coefficient (Wildman–Crippen LogP) is 2.47. The molecule has 3 rings (SSSR count). The number of hydrogen-bond acceptors (Lipinski definition) is 4.